The van der Waals surface area contributed by atoms with Gasteiger partial charge in [0.15, 0.2) is 0 Å². The summed E-state index contributed by atoms with van der Waals surface area (Å²) in [5.41, 5.74) is 2.01. The van der Waals surface area contributed by atoms with E-state index in [4.69, 9.17) is 4.74 Å². The molecule has 0 fully saturated rings. The molecule has 0 bridgehead atoms. The highest BCUT2D eigenvalue weighted by Crippen LogP contribution is 2.36. The van der Waals surface area contributed by atoms with Crippen LogP contribution in [0.5, 0.6) is 0 Å². The quantitative estimate of drug-likeness (QED) is 0.848. The Morgan fingerprint density at radius 3 is 2.70 bits per heavy atom. The third-order valence-corrected chi connectivity index (χ3v) is 3.62. The minimum Gasteiger partial charge on any atom is -0.449 e. The summed E-state index contributed by atoms with van der Waals surface area (Å²) in [4.78, 5) is 25.4. The Kier molecular flexibility index (Phi) is 4.23. The molecule has 1 aromatic carbocycles. The molecular formula is C16H19NO3. The Bertz CT molecular complexity index is 550. The SMILES string of the molecule is CCOC(=O)N1C=Cc2ccccc2C1C(C)C(C)=O. The highest BCUT2D eigenvalue weighted by Gasteiger charge is 2.34. The van der Waals surface area contributed by atoms with Crippen molar-refractivity contribution in [2.75, 3.05) is 6.61 Å². The monoisotopic (exact) mass is 273 g/mol. The van der Waals surface area contributed by atoms with E-state index in [0.29, 0.717) is 6.61 Å². The second-order valence-electron chi connectivity index (χ2n) is 4.90. The standard InChI is InChI=1S/C16H19NO3/c1-4-20-16(19)17-10-9-13-7-5-6-8-14(13)15(17)11(2)12(3)18/h5-11,15H,4H2,1-3H3. The molecule has 1 aromatic rings. The fourth-order valence-electron chi connectivity index (χ4n) is 2.44. The molecule has 0 saturated carbocycles. The zero-order valence-electron chi connectivity index (χ0n) is 12.0. The maximum Gasteiger partial charge on any atom is 0.414 e. The summed E-state index contributed by atoms with van der Waals surface area (Å²) in [7, 11) is 0. The van der Waals surface area contributed by atoms with E-state index in [1.807, 2.05) is 37.3 Å². The molecule has 0 aliphatic carbocycles. The molecule has 1 aliphatic heterocycles. The van der Waals surface area contributed by atoms with E-state index in [9.17, 15) is 9.59 Å². The van der Waals surface area contributed by atoms with Gasteiger partial charge in [0.1, 0.15) is 5.78 Å². The number of carbonyl (C=O) groups excluding carboxylic acids is 2. The maximum absolute atomic E-state index is 12.1. The predicted molar refractivity (Wildman–Crippen MR) is 76.9 cm³/mol. The van der Waals surface area contributed by atoms with Crippen molar-refractivity contribution in [3.63, 3.8) is 0 Å². The zero-order chi connectivity index (χ0) is 14.7. The topological polar surface area (TPSA) is 46.6 Å². The Morgan fingerprint density at radius 1 is 1.35 bits per heavy atom. The van der Waals surface area contributed by atoms with Crippen LogP contribution >= 0.6 is 0 Å². The molecule has 0 saturated heterocycles. The zero-order valence-corrected chi connectivity index (χ0v) is 12.0. The molecule has 0 spiro atoms. The summed E-state index contributed by atoms with van der Waals surface area (Å²) in [6.07, 6.45) is 3.15. The molecule has 0 N–H and O–H groups in total. The van der Waals surface area contributed by atoms with Gasteiger partial charge in [-0.05, 0) is 31.1 Å². The molecule has 2 atom stereocenters. The van der Waals surface area contributed by atoms with E-state index < -0.39 is 6.09 Å². The van der Waals surface area contributed by atoms with Gasteiger partial charge in [-0.1, -0.05) is 31.2 Å². The number of benzene rings is 1. The molecule has 1 amide bonds. The Balaban J connectivity index is 2.44. The number of nitrogens with zero attached hydrogens (tertiary/aromatic N) is 1. The number of carbonyl (C=O) groups is 2. The molecule has 4 nitrogen and oxygen atoms in total. The average Bonchev–Trinajstić information content (AvgIpc) is 2.45. The van der Waals surface area contributed by atoms with Crippen LogP contribution < -0.4 is 0 Å². The third kappa shape index (κ3) is 2.59. The van der Waals surface area contributed by atoms with Crippen molar-refractivity contribution in [3.8, 4) is 0 Å². The largest absolute Gasteiger partial charge is 0.449 e. The Morgan fingerprint density at radius 2 is 2.05 bits per heavy atom. The van der Waals surface area contributed by atoms with Crippen LogP contribution in [0.2, 0.25) is 0 Å². The van der Waals surface area contributed by atoms with E-state index >= 15 is 0 Å². The highest BCUT2D eigenvalue weighted by atomic mass is 16.6. The number of fused-ring (bicyclic) bond motifs is 1. The molecular weight excluding hydrogens is 254 g/mol. The maximum atomic E-state index is 12.1. The first-order valence-corrected chi connectivity index (χ1v) is 6.79. The summed E-state index contributed by atoms with van der Waals surface area (Å²) in [6.45, 7) is 5.47. The summed E-state index contributed by atoms with van der Waals surface area (Å²) in [5, 5.41) is 0. The van der Waals surface area contributed by atoms with Crippen LogP contribution in [-0.4, -0.2) is 23.4 Å². The Hall–Kier alpha value is -2.10. The van der Waals surface area contributed by atoms with E-state index in [1.54, 1.807) is 20.0 Å². The summed E-state index contributed by atoms with van der Waals surface area (Å²) >= 11 is 0. The van der Waals surface area contributed by atoms with E-state index in [1.165, 1.54) is 4.90 Å². The lowest BCUT2D eigenvalue weighted by molar-refractivity contribution is -0.121. The van der Waals surface area contributed by atoms with Gasteiger partial charge in [-0.3, -0.25) is 9.69 Å². The number of ketones is 1. The molecule has 2 unspecified atom stereocenters. The van der Waals surface area contributed by atoms with Crippen molar-refractivity contribution < 1.29 is 14.3 Å². The number of amides is 1. The smallest absolute Gasteiger partial charge is 0.414 e. The lowest BCUT2D eigenvalue weighted by atomic mass is 9.86. The first-order valence-electron chi connectivity index (χ1n) is 6.79. The normalized spacial score (nSPS) is 18.4. The molecule has 1 aliphatic rings. The molecule has 0 aromatic heterocycles. The van der Waals surface area contributed by atoms with Crippen LogP contribution in [0.25, 0.3) is 6.08 Å². The number of Topliss-reactive ketones (excluding diaryl/α,β-unsaturated/α-hetero) is 1. The van der Waals surface area contributed by atoms with Gasteiger partial charge >= 0.3 is 6.09 Å². The first kappa shape index (κ1) is 14.3. The van der Waals surface area contributed by atoms with Gasteiger partial charge in [0.2, 0.25) is 0 Å². The van der Waals surface area contributed by atoms with E-state index in [2.05, 4.69) is 0 Å². The molecule has 4 heteroatoms. The summed E-state index contributed by atoms with van der Waals surface area (Å²) in [5.74, 6) is -0.236. The number of hydrogen-bond donors (Lipinski definition) is 0. The van der Waals surface area contributed by atoms with Crippen molar-refractivity contribution in [2.45, 2.75) is 26.8 Å². The fourth-order valence-corrected chi connectivity index (χ4v) is 2.44. The van der Waals surface area contributed by atoms with Crippen LogP contribution in [-0.2, 0) is 9.53 Å². The molecule has 20 heavy (non-hydrogen) atoms. The number of ether oxygens (including phenoxy) is 1. The van der Waals surface area contributed by atoms with Gasteiger partial charge in [-0.2, -0.15) is 0 Å². The molecule has 1 heterocycles. The second kappa shape index (κ2) is 5.90. The van der Waals surface area contributed by atoms with Gasteiger partial charge < -0.3 is 4.74 Å². The van der Waals surface area contributed by atoms with Crippen molar-refractivity contribution in [2.24, 2.45) is 5.92 Å². The van der Waals surface area contributed by atoms with Crippen LogP contribution in [0.15, 0.2) is 30.5 Å². The van der Waals surface area contributed by atoms with Crippen LogP contribution in [0.3, 0.4) is 0 Å². The molecule has 106 valence electrons. The van der Waals surface area contributed by atoms with Crippen LogP contribution in [0.4, 0.5) is 4.79 Å². The van der Waals surface area contributed by atoms with Gasteiger partial charge in [0, 0.05) is 12.1 Å². The van der Waals surface area contributed by atoms with Gasteiger partial charge in [0.05, 0.1) is 12.6 Å². The predicted octanol–water partition coefficient (Wildman–Crippen LogP) is 3.40. The van der Waals surface area contributed by atoms with Gasteiger partial charge in [-0.25, -0.2) is 4.79 Å². The molecule has 0 radical (unpaired) electrons. The minimum atomic E-state index is -0.420. The van der Waals surface area contributed by atoms with Gasteiger partial charge in [-0.15, -0.1) is 0 Å². The minimum absolute atomic E-state index is 0.0504. The highest BCUT2D eigenvalue weighted by molar-refractivity contribution is 5.81. The van der Waals surface area contributed by atoms with Crippen LogP contribution in [0.1, 0.15) is 37.9 Å². The Labute approximate surface area is 119 Å². The van der Waals surface area contributed by atoms with E-state index in [0.717, 1.165) is 11.1 Å². The van der Waals surface area contributed by atoms with Crippen LogP contribution in [0, 0.1) is 5.92 Å². The summed E-state index contributed by atoms with van der Waals surface area (Å²) in [6, 6.07) is 7.48. The fraction of sp³-hybridized carbons (Fsp3) is 0.375. The lowest BCUT2D eigenvalue weighted by Crippen LogP contribution is -2.38. The van der Waals surface area contributed by atoms with Crippen molar-refractivity contribution in [1.29, 1.82) is 0 Å². The number of rotatable bonds is 3. The lowest BCUT2D eigenvalue weighted by Gasteiger charge is -2.35. The number of hydrogen-bond acceptors (Lipinski definition) is 3. The van der Waals surface area contributed by atoms with Crippen molar-refractivity contribution in [1.82, 2.24) is 4.90 Å². The molecule has 2 rings (SSSR count). The van der Waals surface area contributed by atoms with E-state index in [-0.39, 0.29) is 17.7 Å². The average molecular weight is 273 g/mol. The van der Waals surface area contributed by atoms with Gasteiger partial charge in [0.25, 0.3) is 0 Å². The summed E-state index contributed by atoms with van der Waals surface area (Å²) < 4.78 is 5.08. The first-order chi connectivity index (χ1) is 9.56. The van der Waals surface area contributed by atoms with Crippen molar-refractivity contribution >= 4 is 18.0 Å². The van der Waals surface area contributed by atoms with Crippen molar-refractivity contribution in [3.05, 3.63) is 41.6 Å². The third-order valence-electron chi connectivity index (χ3n) is 3.62. The second-order valence-corrected chi connectivity index (χ2v) is 4.90.